The summed E-state index contributed by atoms with van der Waals surface area (Å²) in [6.45, 7) is 6.17. The fourth-order valence-electron chi connectivity index (χ4n) is 7.69. The summed E-state index contributed by atoms with van der Waals surface area (Å²) in [6.07, 6.45) is 9.70. The maximum absolute atomic E-state index is 17.1. The largest absolute Gasteiger partial charge is 0.390 e. The SMILES string of the molecule is CCCC1O[C@@H]2C[C@H]3[C@@H]4CCC5=CC(=O)C=C[C@]5(C)[C@@]4(F)[C@@H](O)C[C@]3(C)[C@]2(SC)O1. The van der Waals surface area contributed by atoms with Crippen molar-refractivity contribution in [3.63, 3.8) is 0 Å². The third-order valence-corrected chi connectivity index (χ3v) is 10.6. The lowest BCUT2D eigenvalue weighted by atomic mass is 9.45. The van der Waals surface area contributed by atoms with Crippen LogP contribution in [-0.4, -0.2) is 46.2 Å². The van der Waals surface area contributed by atoms with Crippen molar-refractivity contribution in [2.24, 2.45) is 22.7 Å². The van der Waals surface area contributed by atoms with Crippen LogP contribution in [0.3, 0.4) is 0 Å². The van der Waals surface area contributed by atoms with Gasteiger partial charge in [-0.15, -0.1) is 11.8 Å². The van der Waals surface area contributed by atoms with Gasteiger partial charge >= 0.3 is 0 Å². The first-order valence-electron chi connectivity index (χ1n) is 11.4. The van der Waals surface area contributed by atoms with Gasteiger partial charge in [0.1, 0.15) is 4.93 Å². The first-order chi connectivity index (χ1) is 14.2. The Balaban J connectivity index is 1.56. The van der Waals surface area contributed by atoms with Crippen LogP contribution in [-0.2, 0) is 14.3 Å². The van der Waals surface area contributed by atoms with E-state index in [9.17, 15) is 9.90 Å². The number of carbonyl (C=O) groups excluding carboxylic acids is 1. The van der Waals surface area contributed by atoms with Crippen molar-refractivity contribution in [1.29, 1.82) is 0 Å². The van der Waals surface area contributed by atoms with E-state index in [0.29, 0.717) is 19.3 Å². The van der Waals surface area contributed by atoms with Gasteiger partial charge in [-0.25, -0.2) is 4.39 Å². The lowest BCUT2D eigenvalue weighted by molar-refractivity contribution is -0.216. The molecular weight excluding hydrogens is 403 g/mol. The van der Waals surface area contributed by atoms with Crippen molar-refractivity contribution in [3.8, 4) is 0 Å². The van der Waals surface area contributed by atoms with Gasteiger partial charge in [-0.2, -0.15) is 0 Å². The Kier molecular flexibility index (Phi) is 4.70. The normalized spacial score (nSPS) is 54.3. The summed E-state index contributed by atoms with van der Waals surface area (Å²) in [5.41, 5.74) is -2.28. The van der Waals surface area contributed by atoms with E-state index in [1.807, 2.05) is 6.92 Å². The summed E-state index contributed by atoms with van der Waals surface area (Å²) in [5, 5.41) is 11.4. The quantitative estimate of drug-likeness (QED) is 0.702. The number of ketones is 1. The summed E-state index contributed by atoms with van der Waals surface area (Å²) in [4.78, 5) is 11.4. The molecule has 1 heterocycles. The molecule has 1 unspecified atom stereocenters. The van der Waals surface area contributed by atoms with Crippen molar-refractivity contribution in [3.05, 3.63) is 23.8 Å². The molecule has 5 rings (SSSR count). The van der Waals surface area contributed by atoms with E-state index in [1.165, 1.54) is 6.08 Å². The minimum absolute atomic E-state index is 0.0651. The molecule has 166 valence electrons. The number of hydrogen-bond donors (Lipinski definition) is 1. The Bertz CT molecular complexity index is 828. The van der Waals surface area contributed by atoms with Gasteiger partial charge in [-0.3, -0.25) is 4.79 Å². The van der Waals surface area contributed by atoms with Crippen molar-refractivity contribution < 1.29 is 23.8 Å². The molecular formula is C24H33FO4S. The Morgan fingerprint density at radius 1 is 1.33 bits per heavy atom. The van der Waals surface area contributed by atoms with Crippen molar-refractivity contribution in [2.75, 3.05) is 6.26 Å². The monoisotopic (exact) mass is 436 g/mol. The number of aliphatic hydroxyl groups is 1. The molecule has 4 aliphatic carbocycles. The fourth-order valence-corrected chi connectivity index (χ4v) is 9.01. The molecule has 4 fully saturated rings. The number of thioether (sulfide) groups is 1. The molecule has 4 nitrogen and oxygen atoms in total. The average molecular weight is 437 g/mol. The predicted molar refractivity (Wildman–Crippen MR) is 115 cm³/mol. The highest BCUT2D eigenvalue weighted by molar-refractivity contribution is 7.99. The molecule has 0 aromatic rings. The standard InChI is InChI=1S/C24H33FO4S/c1-5-6-20-28-19-12-17-16-8-7-14-11-15(26)9-10-21(14,2)23(16,25)18(27)13-22(17,3)24(19,29-20)30-4/h9-11,16-20,27H,5-8,12-13H2,1-4H3/t16-,17-,18-,19+,20?,21-,22-,23-,24-/m0/s1. The van der Waals surface area contributed by atoms with Crippen LogP contribution >= 0.6 is 11.8 Å². The van der Waals surface area contributed by atoms with Crippen molar-refractivity contribution in [1.82, 2.24) is 0 Å². The topological polar surface area (TPSA) is 55.8 Å². The molecule has 30 heavy (non-hydrogen) atoms. The van der Waals surface area contributed by atoms with Crippen LogP contribution in [0.1, 0.15) is 59.3 Å². The number of rotatable bonds is 3. The lowest BCUT2D eigenvalue weighted by Crippen LogP contribution is -2.68. The van der Waals surface area contributed by atoms with E-state index in [1.54, 1.807) is 23.9 Å². The molecule has 0 amide bonds. The van der Waals surface area contributed by atoms with E-state index in [2.05, 4.69) is 20.1 Å². The molecule has 5 aliphatic rings. The number of allylic oxidation sites excluding steroid dienone is 4. The molecule has 6 heteroatoms. The second kappa shape index (κ2) is 6.66. The number of hydrogen-bond acceptors (Lipinski definition) is 5. The van der Waals surface area contributed by atoms with Gasteiger partial charge in [0, 0.05) is 16.7 Å². The van der Waals surface area contributed by atoms with E-state index < -0.39 is 22.1 Å². The summed E-state index contributed by atoms with van der Waals surface area (Å²) < 4.78 is 30.1. The summed E-state index contributed by atoms with van der Waals surface area (Å²) in [5.74, 6) is -0.312. The summed E-state index contributed by atoms with van der Waals surface area (Å²) >= 11 is 1.68. The third-order valence-electron chi connectivity index (χ3n) is 9.17. The number of fused-ring (bicyclic) bond motifs is 7. The first-order valence-corrected chi connectivity index (χ1v) is 12.6. The number of carbonyl (C=O) groups is 1. The Morgan fingerprint density at radius 3 is 2.80 bits per heavy atom. The Labute approximate surface area is 182 Å². The maximum atomic E-state index is 17.1. The predicted octanol–water partition coefficient (Wildman–Crippen LogP) is 4.57. The van der Waals surface area contributed by atoms with Crippen LogP contribution in [0.5, 0.6) is 0 Å². The number of ether oxygens (including phenoxy) is 2. The second-order valence-corrected chi connectivity index (χ2v) is 11.3. The highest BCUT2D eigenvalue weighted by Gasteiger charge is 2.77. The van der Waals surface area contributed by atoms with E-state index in [4.69, 9.17) is 9.47 Å². The molecule has 1 N–H and O–H groups in total. The van der Waals surface area contributed by atoms with Crippen LogP contribution in [0, 0.1) is 22.7 Å². The van der Waals surface area contributed by atoms with Gasteiger partial charge in [0.05, 0.1) is 12.2 Å². The summed E-state index contributed by atoms with van der Waals surface area (Å²) in [7, 11) is 0. The van der Waals surface area contributed by atoms with Gasteiger partial charge < -0.3 is 14.6 Å². The van der Waals surface area contributed by atoms with E-state index >= 15 is 4.39 Å². The number of alkyl halides is 1. The van der Waals surface area contributed by atoms with E-state index in [-0.39, 0.29) is 35.4 Å². The Morgan fingerprint density at radius 2 is 2.10 bits per heavy atom. The molecule has 1 aliphatic heterocycles. The minimum atomic E-state index is -1.79. The van der Waals surface area contributed by atoms with Crippen LogP contribution in [0.4, 0.5) is 4.39 Å². The highest BCUT2D eigenvalue weighted by atomic mass is 32.2. The minimum Gasteiger partial charge on any atom is -0.390 e. The molecule has 0 spiro atoms. The van der Waals surface area contributed by atoms with E-state index in [0.717, 1.165) is 24.8 Å². The van der Waals surface area contributed by atoms with Gasteiger partial charge in [0.2, 0.25) is 0 Å². The molecule has 0 aromatic carbocycles. The fraction of sp³-hybridized carbons (Fsp3) is 0.792. The van der Waals surface area contributed by atoms with Gasteiger partial charge in [-0.1, -0.05) is 31.9 Å². The van der Waals surface area contributed by atoms with Crippen LogP contribution in [0.2, 0.25) is 0 Å². The third kappa shape index (κ3) is 2.32. The van der Waals surface area contributed by atoms with Gasteiger partial charge in [0.25, 0.3) is 0 Å². The zero-order chi connectivity index (χ0) is 21.5. The molecule has 0 aromatic heterocycles. The zero-order valence-corrected chi connectivity index (χ0v) is 19.1. The van der Waals surface area contributed by atoms with Crippen LogP contribution < -0.4 is 0 Å². The van der Waals surface area contributed by atoms with Crippen LogP contribution in [0.15, 0.2) is 23.8 Å². The van der Waals surface area contributed by atoms with Gasteiger partial charge in [-0.05, 0) is 63.4 Å². The average Bonchev–Trinajstić information content (AvgIpc) is 3.16. The molecule has 3 saturated carbocycles. The van der Waals surface area contributed by atoms with Crippen LogP contribution in [0.25, 0.3) is 0 Å². The Hall–Kier alpha value is -0.690. The lowest BCUT2D eigenvalue weighted by Gasteiger charge is -2.62. The molecule has 0 radical (unpaired) electrons. The highest BCUT2D eigenvalue weighted by Crippen LogP contribution is 2.73. The second-order valence-electron chi connectivity index (χ2n) is 10.3. The number of halogens is 1. The first kappa shape index (κ1) is 21.2. The molecule has 9 atom stereocenters. The van der Waals surface area contributed by atoms with Crippen molar-refractivity contribution >= 4 is 17.5 Å². The molecule has 1 saturated heterocycles. The van der Waals surface area contributed by atoms with Crippen molar-refractivity contribution in [2.45, 2.75) is 88.4 Å². The number of aliphatic hydroxyl groups excluding tert-OH is 1. The smallest absolute Gasteiger partial charge is 0.178 e. The summed E-state index contributed by atoms with van der Waals surface area (Å²) in [6, 6.07) is 0. The molecule has 0 bridgehead atoms. The van der Waals surface area contributed by atoms with Gasteiger partial charge in [0.15, 0.2) is 17.7 Å². The maximum Gasteiger partial charge on any atom is 0.178 e. The zero-order valence-electron chi connectivity index (χ0n) is 18.3.